The Hall–Kier alpha value is -3.30. The summed E-state index contributed by atoms with van der Waals surface area (Å²) in [7, 11) is 0. The number of nitrogens with zero attached hydrogens (tertiary/aromatic N) is 2. The second kappa shape index (κ2) is 8.18. The van der Waals surface area contributed by atoms with Gasteiger partial charge in [0.15, 0.2) is 0 Å². The van der Waals surface area contributed by atoms with Crippen LogP contribution in [0.5, 0.6) is 0 Å². The minimum Gasteiger partial charge on any atom is -0.398 e. The molecule has 2 aliphatic rings. The summed E-state index contributed by atoms with van der Waals surface area (Å²) < 4.78 is 54.4. The molecule has 1 atom stereocenters. The molecule has 1 spiro atoms. The molecule has 2 aromatic rings. The SMILES string of the molecule is CC(=O)N1CC2(C1)CN(c1cc(C(=O)N[C@H](C)c3cccc(C(F)(F)F)c3C)c(N)cc1F)C2. The zero-order valence-electron chi connectivity index (χ0n) is 19.1. The van der Waals surface area contributed by atoms with Gasteiger partial charge in [-0.2, -0.15) is 13.2 Å². The van der Waals surface area contributed by atoms with E-state index in [1.807, 2.05) is 0 Å². The molecule has 2 amide bonds. The molecule has 0 radical (unpaired) electrons. The van der Waals surface area contributed by atoms with Gasteiger partial charge in [-0.3, -0.25) is 9.59 Å². The van der Waals surface area contributed by atoms with Crippen molar-refractivity contribution in [1.29, 1.82) is 0 Å². The molecule has 10 heteroatoms. The highest BCUT2D eigenvalue weighted by Crippen LogP contribution is 2.43. The van der Waals surface area contributed by atoms with Gasteiger partial charge in [-0.05, 0) is 43.2 Å². The van der Waals surface area contributed by atoms with Gasteiger partial charge in [0.1, 0.15) is 5.82 Å². The maximum atomic E-state index is 14.7. The second-order valence-corrected chi connectivity index (χ2v) is 9.33. The van der Waals surface area contributed by atoms with Crippen molar-refractivity contribution < 1.29 is 27.2 Å². The van der Waals surface area contributed by atoms with Crippen molar-refractivity contribution in [2.24, 2.45) is 5.41 Å². The first-order valence-corrected chi connectivity index (χ1v) is 10.9. The standard InChI is InChI=1S/C24H26F4N4O2/c1-13-16(5-4-6-18(13)24(26,27)28)14(2)30-22(34)17-7-21(19(25)8-20(17)29)32-11-23(12-32)9-31(10-23)15(3)33/h4-8,14H,9-12,29H2,1-3H3,(H,30,34)/t14-/m1/s1. The third kappa shape index (κ3) is 4.17. The van der Waals surface area contributed by atoms with Gasteiger partial charge in [0.25, 0.3) is 5.91 Å². The zero-order valence-corrected chi connectivity index (χ0v) is 19.1. The number of anilines is 2. The molecule has 0 unspecified atom stereocenters. The van der Waals surface area contributed by atoms with Gasteiger partial charge < -0.3 is 20.9 Å². The third-order valence-corrected chi connectivity index (χ3v) is 6.75. The molecule has 0 aliphatic carbocycles. The Labute approximate surface area is 194 Å². The van der Waals surface area contributed by atoms with Crippen LogP contribution >= 0.6 is 0 Å². The van der Waals surface area contributed by atoms with E-state index in [2.05, 4.69) is 5.32 Å². The van der Waals surface area contributed by atoms with Crippen molar-refractivity contribution in [1.82, 2.24) is 10.2 Å². The predicted octanol–water partition coefficient (Wildman–Crippen LogP) is 3.89. The molecule has 34 heavy (non-hydrogen) atoms. The van der Waals surface area contributed by atoms with E-state index in [0.29, 0.717) is 31.7 Å². The zero-order chi connectivity index (χ0) is 25.0. The Kier molecular flexibility index (Phi) is 5.73. The minimum absolute atomic E-state index is 0.00632. The highest BCUT2D eigenvalue weighted by atomic mass is 19.4. The van der Waals surface area contributed by atoms with E-state index in [-0.39, 0.29) is 33.8 Å². The molecule has 182 valence electrons. The maximum absolute atomic E-state index is 14.7. The fourth-order valence-corrected chi connectivity index (χ4v) is 4.92. The van der Waals surface area contributed by atoms with Crippen LogP contribution in [0.4, 0.5) is 28.9 Å². The van der Waals surface area contributed by atoms with Gasteiger partial charge in [0, 0.05) is 44.2 Å². The smallest absolute Gasteiger partial charge is 0.398 e. The summed E-state index contributed by atoms with van der Waals surface area (Å²) >= 11 is 0. The van der Waals surface area contributed by atoms with Crippen molar-refractivity contribution >= 4 is 23.2 Å². The molecule has 2 saturated heterocycles. The van der Waals surface area contributed by atoms with Gasteiger partial charge >= 0.3 is 6.18 Å². The summed E-state index contributed by atoms with van der Waals surface area (Å²) in [5, 5.41) is 2.68. The molecule has 2 fully saturated rings. The number of rotatable bonds is 4. The molecular weight excluding hydrogens is 452 g/mol. The number of carbonyl (C=O) groups excluding carboxylic acids is 2. The van der Waals surface area contributed by atoms with Crippen molar-refractivity contribution in [3.63, 3.8) is 0 Å². The van der Waals surface area contributed by atoms with E-state index in [1.54, 1.807) is 16.7 Å². The van der Waals surface area contributed by atoms with Crippen LogP contribution in [-0.4, -0.2) is 42.9 Å². The van der Waals surface area contributed by atoms with E-state index in [9.17, 15) is 27.2 Å². The summed E-state index contributed by atoms with van der Waals surface area (Å²) in [6, 6.07) is 5.54. The van der Waals surface area contributed by atoms with Crippen molar-refractivity contribution in [2.75, 3.05) is 36.8 Å². The number of nitrogens with one attached hydrogen (secondary N) is 1. The average Bonchev–Trinajstić information content (AvgIpc) is 2.65. The van der Waals surface area contributed by atoms with Gasteiger partial charge in [-0.15, -0.1) is 0 Å². The largest absolute Gasteiger partial charge is 0.416 e. The number of hydrogen-bond acceptors (Lipinski definition) is 4. The van der Waals surface area contributed by atoms with E-state index in [0.717, 1.165) is 12.1 Å². The predicted molar refractivity (Wildman–Crippen MR) is 120 cm³/mol. The number of nitrogen functional groups attached to an aromatic ring is 1. The number of amides is 2. The minimum atomic E-state index is -4.50. The number of hydrogen-bond donors (Lipinski definition) is 2. The summed E-state index contributed by atoms with van der Waals surface area (Å²) in [6.45, 7) is 6.80. The summed E-state index contributed by atoms with van der Waals surface area (Å²) in [5.41, 5.74) is 5.66. The molecule has 0 bridgehead atoms. The van der Waals surface area contributed by atoms with E-state index >= 15 is 0 Å². The Bertz CT molecular complexity index is 1150. The maximum Gasteiger partial charge on any atom is 0.416 e. The lowest BCUT2D eigenvalue weighted by Gasteiger charge is -2.60. The van der Waals surface area contributed by atoms with Crippen LogP contribution in [0, 0.1) is 18.2 Å². The topological polar surface area (TPSA) is 78.7 Å². The van der Waals surface area contributed by atoms with E-state index < -0.39 is 29.5 Å². The number of carbonyl (C=O) groups is 2. The summed E-state index contributed by atoms with van der Waals surface area (Å²) in [4.78, 5) is 27.9. The molecule has 3 N–H and O–H groups in total. The van der Waals surface area contributed by atoms with Crippen LogP contribution in [0.15, 0.2) is 30.3 Å². The molecule has 2 aromatic carbocycles. The Balaban J connectivity index is 1.50. The average molecular weight is 478 g/mol. The van der Waals surface area contributed by atoms with Crippen LogP contribution in [0.25, 0.3) is 0 Å². The molecular formula is C24H26F4N4O2. The van der Waals surface area contributed by atoms with Gasteiger partial charge in [0.2, 0.25) is 5.91 Å². The summed E-state index contributed by atoms with van der Waals surface area (Å²) in [6.07, 6.45) is -4.50. The number of nitrogens with two attached hydrogens (primary N) is 1. The van der Waals surface area contributed by atoms with Crippen LogP contribution in [0.1, 0.15) is 46.9 Å². The van der Waals surface area contributed by atoms with Gasteiger partial charge in [0.05, 0.1) is 22.9 Å². The van der Waals surface area contributed by atoms with E-state index in [1.165, 1.54) is 32.0 Å². The number of likely N-dealkylation sites (tertiary alicyclic amines) is 1. The number of alkyl halides is 3. The molecule has 2 heterocycles. The highest BCUT2D eigenvalue weighted by molar-refractivity contribution is 6.00. The highest BCUT2D eigenvalue weighted by Gasteiger charge is 2.53. The Morgan fingerprint density at radius 2 is 1.79 bits per heavy atom. The molecule has 6 nitrogen and oxygen atoms in total. The fourth-order valence-electron chi connectivity index (χ4n) is 4.92. The molecule has 2 aliphatic heterocycles. The number of halogens is 4. The Morgan fingerprint density at radius 3 is 2.38 bits per heavy atom. The molecule has 0 aromatic heterocycles. The lowest BCUT2D eigenvalue weighted by molar-refractivity contribution is -0.142. The fraction of sp³-hybridized carbons (Fsp3) is 0.417. The van der Waals surface area contributed by atoms with Crippen LogP contribution < -0.4 is 16.0 Å². The quantitative estimate of drug-likeness (QED) is 0.516. The summed E-state index contributed by atoms with van der Waals surface area (Å²) in [5.74, 6) is -1.16. The lowest BCUT2D eigenvalue weighted by atomic mass is 9.72. The first-order valence-electron chi connectivity index (χ1n) is 10.9. The van der Waals surface area contributed by atoms with Gasteiger partial charge in [-0.1, -0.05) is 12.1 Å². The van der Waals surface area contributed by atoms with Gasteiger partial charge in [-0.25, -0.2) is 4.39 Å². The lowest BCUT2D eigenvalue weighted by Crippen LogP contribution is -2.73. The Morgan fingerprint density at radius 1 is 1.15 bits per heavy atom. The second-order valence-electron chi connectivity index (χ2n) is 9.33. The first-order chi connectivity index (χ1) is 15.8. The van der Waals surface area contributed by atoms with Crippen molar-refractivity contribution in [3.8, 4) is 0 Å². The van der Waals surface area contributed by atoms with Crippen LogP contribution in [0.3, 0.4) is 0 Å². The van der Waals surface area contributed by atoms with Crippen molar-refractivity contribution in [2.45, 2.75) is 33.0 Å². The first kappa shape index (κ1) is 23.8. The third-order valence-electron chi connectivity index (χ3n) is 6.75. The molecule has 0 saturated carbocycles. The van der Waals surface area contributed by atoms with Crippen LogP contribution in [0.2, 0.25) is 0 Å². The van der Waals surface area contributed by atoms with Crippen LogP contribution in [-0.2, 0) is 11.0 Å². The normalized spacial score (nSPS) is 17.7. The van der Waals surface area contributed by atoms with E-state index in [4.69, 9.17) is 5.73 Å². The van der Waals surface area contributed by atoms with Crippen molar-refractivity contribution in [3.05, 3.63) is 58.4 Å². The number of benzene rings is 2. The molecule has 4 rings (SSSR count). The monoisotopic (exact) mass is 478 g/mol.